The second-order valence-corrected chi connectivity index (χ2v) is 7.72. The molecule has 2 heterocycles. The fourth-order valence-corrected chi connectivity index (χ4v) is 3.37. The van der Waals surface area contributed by atoms with Crippen molar-refractivity contribution < 1.29 is 22.1 Å². The molecule has 0 amide bonds. The van der Waals surface area contributed by atoms with Crippen molar-refractivity contribution in [2.24, 2.45) is 0 Å². The molecule has 0 unspecified atom stereocenters. The first-order valence-electron chi connectivity index (χ1n) is 8.23. The second-order valence-electron chi connectivity index (χ2n) is 5.88. The van der Waals surface area contributed by atoms with Crippen molar-refractivity contribution in [1.82, 2.24) is 15.1 Å². The molecule has 2 aromatic carbocycles. The minimum atomic E-state index is -4.43. The van der Waals surface area contributed by atoms with Crippen molar-refractivity contribution in [2.45, 2.75) is 17.2 Å². The lowest BCUT2D eigenvalue weighted by Crippen LogP contribution is -2.04. The van der Waals surface area contributed by atoms with Crippen LogP contribution in [0.15, 0.2) is 73.4 Å². The normalized spacial score (nSPS) is 11.7. The minimum absolute atomic E-state index is 0.0923. The van der Waals surface area contributed by atoms with Gasteiger partial charge in [-0.25, -0.2) is 4.98 Å². The Morgan fingerprint density at radius 3 is 2.59 bits per heavy atom. The maximum absolute atomic E-state index is 12.9. The molecule has 29 heavy (non-hydrogen) atoms. The van der Waals surface area contributed by atoms with E-state index in [0.717, 1.165) is 22.2 Å². The van der Waals surface area contributed by atoms with Gasteiger partial charge in [0.1, 0.15) is 0 Å². The summed E-state index contributed by atoms with van der Waals surface area (Å²) in [6.07, 6.45) is -2.82. The number of hydrogen-bond donors (Lipinski definition) is 0. The molecule has 5 nitrogen and oxygen atoms in total. The average molecular weight is 482 g/mol. The van der Waals surface area contributed by atoms with E-state index in [2.05, 4.69) is 31.1 Å². The Kier molecular flexibility index (Phi) is 5.46. The van der Waals surface area contributed by atoms with Gasteiger partial charge in [-0.05, 0) is 24.3 Å². The van der Waals surface area contributed by atoms with Crippen LogP contribution < -0.4 is 0 Å². The Balaban J connectivity index is 1.43. The van der Waals surface area contributed by atoms with Crippen molar-refractivity contribution in [3.05, 3.63) is 70.7 Å². The summed E-state index contributed by atoms with van der Waals surface area (Å²) in [5, 5.41) is 4.18. The average Bonchev–Trinajstić information content (AvgIpc) is 3.36. The molecule has 10 heteroatoms. The third-order valence-corrected chi connectivity index (χ3v) is 5.20. The standard InChI is InChI=1S/C19H11BrF3N3O2S/c20-14-6-4-11(5-7-14)15-9-24-18(27-15)29-10-16-25-17(26-28-16)12-2-1-3-13(8-12)19(21,22)23/h1-9H,10H2. The van der Waals surface area contributed by atoms with Gasteiger partial charge in [0.2, 0.25) is 11.7 Å². The van der Waals surface area contributed by atoms with Gasteiger partial charge in [-0.3, -0.25) is 0 Å². The number of nitrogens with zero attached hydrogens (tertiary/aromatic N) is 3. The number of benzene rings is 2. The number of oxazole rings is 1. The summed E-state index contributed by atoms with van der Waals surface area (Å²) in [6, 6.07) is 12.4. The van der Waals surface area contributed by atoms with Gasteiger partial charge in [-0.1, -0.05) is 57.1 Å². The van der Waals surface area contributed by atoms with Crippen LogP contribution in [0, 0.1) is 0 Å². The molecule has 4 rings (SSSR count). The Bertz CT molecular complexity index is 1130. The highest BCUT2D eigenvalue weighted by Gasteiger charge is 2.30. The molecule has 2 aromatic heterocycles. The largest absolute Gasteiger partial charge is 0.431 e. The Morgan fingerprint density at radius 2 is 1.83 bits per heavy atom. The van der Waals surface area contributed by atoms with Crippen LogP contribution in [0.4, 0.5) is 13.2 Å². The molecule has 0 spiro atoms. The number of halogens is 4. The topological polar surface area (TPSA) is 65.0 Å². The van der Waals surface area contributed by atoms with E-state index in [1.165, 1.54) is 23.9 Å². The number of aromatic nitrogens is 3. The zero-order valence-electron chi connectivity index (χ0n) is 14.5. The molecule has 0 N–H and O–H groups in total. The highest BCUT2D eigenvalue weighted by Crippen LogP contribution is 2.32. The van der Waals surface area contributed by atoms with E-state index in [-0.39, 0.29) is 23.0 Å². The monoisotopic (exact) mass is 481 g/mol. The molecule has 0 aliphatic carbocycles. The van der Waals surface area contributed by atoms with Crippen molar-refractivity contribution in [1.29, 1.82) is 0 Å². The van der Waals surface area contributed by atoms with E-state index < -0.39 is 11.7 Å². The van der Waals surface area contributed by atoms with Gasteiger partial charge in [0, 0.05) is 15.6 Å². The van der Waals surface area contributed by atoms with Gasteiger partial charge in [0.25, 0.3) is 5.22 Å². The molecule has 148 valence electrons. The summed E-state index contributed by atoms with van der Waals surface area (Å²) in [7, 11) is 0. The van der Waals surface area contributed by atoms with Gasteiger partial charge in [-0.15, -0.1) is 0 Å². The van der Waals surface area contributed by atoms with Gasteiger partial charge in [-0.2, -0.15) is 18.2 Å². The third-order valence-electron chi connectivity index (χ3n) is 3.85. The summed E-state index contributed by atoms with van der Waals surface area (Å²) in [5.74, 6) is 1.24. The van der Waals surface area contributed by atoms with Crippen molar-refractivity contribution >= 4 is 27.7 Å². The summed E-state index contributed by atoms with van der Waals surface area (Å²) in [4.78, 5) is 8.36. The summed E-state index contributed by atoms with van der Waals surface area (Å²) < 4.78 is 50.4. The number of alkyl halides is 3. The zero-order chi connectivity index (χ0) is 20.4. The van der Waals surface area contributed by atoms with Gasteiger partial charge >= 0.3 is 6.18 Å². The van der Waals surface area contributed by atoms with Crippen LogP contribution in [0.5, 0.6) is 0 Å². The summed E-state index contributed by atoms with van der Waals surface area (Å²) in [5.41, 5.74) is 0.349. The Morgan fingerprint density at radius 1 is 1.03 bits per heavy atom. The summed E-state index contributed by atoms with van der Waals surface area (Å²) >= 11 is 4.62. The van der Waals surface area contributed by atoms with E-state index >= 15 is 0 Å². The van der Waals surface area contributed by atoms with Crippen LogP contribution in [-0.2, 0) is 11.9 Å². The van der Waals surface area contributed by atoms with Crippen LogP contribution in [0.1, 0.15) is 11.5 Å². The number of rotatable bonds is 5. The quantitative estimate of drug-likeness (QED) is 0.304. The Labute approximate surface area is 175 Å². The molecular formula is C19H11BrF3N3O2S. The van der Waals surface area contributed by atoms with Gasteiger partial charge in [0.15, 0.2) is 5.76 Å². The maximum atomic E-state index is 12.9. The predicted molar refractivity (Wildman–Crippen MR) is 104 cm³/mol. The molecule has 0 saturated heterocycles. The van der Waals surface area contributed by atoms with Crippen molar-refractivity contribution in [3.63, 3.8) is 0 Å². The lowest BCUT2D eigenvalue weighted by molar-refractivity contribution is -0.137. The highest BCUT2D eigenvalue weighted by atomic mass is 79.9. The first kappa shape index (κ1) is 19.7. The lowest BCUT2D eigenvalue weighted by atomic mass is 10.1. The zero-order valence-corrected chi connectivity index (χ0v) is 16.9. The molecule has 0 aliphatic heterocycles. The number of hydrogen-bond acceptors (Lipinski definition) is 6. The molecular weight excluding hydrogens is 471 g/mol. The van der Waals surface area contributed by atoms with Crippen molar-refractivity contribution in [3.8, 4) is 22.7 Å². The van der Waals surface area contributed by atoms with E-state index in [9.17, 15) is 13.2 Å². The maximum Gasteiger partial charge on any atom is 0.416 e. The molecule has 0 saturated carbocycles. The minimum Gasteiger partial charge on any atom is -0.431 e. The van der Waals surface area contributed by atoms with E-state index in [0.29, 0.717) is 11.0 Å². The molecule has 4 aromatic rings. The second kappa shape index (κ2) is 8.03. The van der Waals surface area contributed by atoms with Crippen LogP contribution in [-0.4, -0.2) is 15.1 Å². The third kappa shape index (κ3) is 4.70. The van der Waals surface area contributed by atoms with Crippen molar-refractivity contribution in [2.75, 3.05) is 0 Å². The predicted octanol–water partition coefficient (Wildman–Crippen LogP) is 6.47. The molecule has 0 bridgehead atoms. The van der Waals surface area contributed by atoms with E-state index in [1.54, 1.807) is 6.20 Å². The van der Waals surface area contributed by atoms with Gasteiger partial charge in [0.05, 0.1) is 17.5 Å². The van der Waals surface area contributed by atoms with Gasteiger partial charge < -0.3 is 8.94 Å². The van der Waals surface area contributed by atoms with E-state index in [1.807, 2.05) is 24.3 Å². The first-order valence-corrected chi connectivity index (χ1v) is 10.0. The van der Waals surface area contributed by atoms with Crippen LogP contribution in [0.3, 0.4) is 0 Å². The molecule has 0 fully saturated rings. The molecule has 0 atom stereocenters. The van der Waals surface area contributed by atoms with Crippen LogP contribution in [0.2, 0.25) is 0 Å². The SMILES string of the molecule is FC(F)(F)c1cccc(-c2noc(CSc3ncc(-c4ccc(Br)cc4)o3)n2)c1. The Hall–Kier alpha value is -2.59. The fourth-order valence-electron chi connectivity index (χ4n) is 2.46. The van der Waals surface area contributed by atoms with Crippen LogP contribution >= 0.6 is 27.7 Å². The number of thioether (sulfide) groups is 1. The molecule has 0 radical (unpaired) electrons. The lowest BCUT2D eigenvalue weighted by Gasteiger charge is -2.06. The first-order chi connectivity index (χ1) is 13.9. The summed E-state index contributed by atoms with van der Waals surface area (Å²) in [6.45, 7) is 0. The smallest absolute Gasteiger partial charge is 0.416 e. The van der Waals surface area contributed by atoms with Crippen LogP contribution in [0.25, 0.3) is 22.7 Å². The molecule has 0 aliphatic rings. The van der Waals surface area contributed by atoms with E-state index in [4.69, 9.17) is 8.94 Å². The fraction of sp³-hybridized carbons (Fsp3) is 0.105. The highest BCUT2D eigenvalue weighted by molar-refractivity contribution is 9.10.